The summed E-state index contributed by atoms with van der Waals surface area (Å²) >= 11 is 0. The van der Waals surface area contributed by atoms with Crippen LogP contribution >= 0.6 is 0 Å². The molecule has 2 rings (SSSR count). The molecule has 1 aliphatic heterocycles. The number of piperidine rings is 1. The molecule has 0 N–H and O–H groups in total. The number of benzene rings is 1. The summed E-state index contributed by atoms with van der Waals surface area (Å²) < 4.78 is 0. The van der Waals surface area contributed by atoms with E-state index in [1.54, 1.807) is 0 Å². The lowest BCUT2D eigenvalue weighted by molar-refractivity contribution is -0.255. The highest BCUT2D eigenvalue weighted by molar-refractivity contribution is 6.16. The topological polar surface area (TPSA) is 77.5 Å². The van der Waals surface area contributed by atoms with E-state index in [9.17, 15) is 19.5 Å². The van der Waals surface area contributed by atoms with Gasteiger partial charge in [-0.3, -0.25) is 14.5 Å². The zero-order valence-electron chi connectivity index (χ0n) is 9.01. The molecule has 0 spiro atoms. The monoisotopic (exact) mass is 232 g/mol. The number of nitrogens with zero attached hydrogens (tertiary/aromatic N) is 1. The van der Waals surface area contributed by atoms with E-state index < -0.39 is 5.97 Å². The Labute approximate surface area is 97.7 Å². The molecule has 1 aliphatic rings. The second kappa shape index (κ2) is 4.37. The van der Waals surface area contributed by atoms with Crippen LogP contribution in [0.5, 0.6) is 0 Å². The third-order valence-corrected chi connectivity index (χ3v) is 2.64. The van der Waals surface area contributed by atoms with E-state index in [0.717, 1.165) is 4.90 Å². The van der Waals surface area contributed by atoms with Gasteiger partial charge in [0.05, 0.1) is 11.7 Å². The Morgan fingerprint density at radius 2 is 1.59 bits per heavy atom. The number of hydrogen-bond donors (Lipinski definition) is 0. The van der Waals surface area contributed by atoms with E-state index in [0.29, 0.717) is 24.9 Å². The molecule has 0 aliphatic carbocycles. The summed E-state index contributed by atoms with van der Waals surface area (Å²) in [4.78, 5) is 34.9. The van der Waals surface area contributed by atoms with Gasteiger partial charge in [-0.15, -0.1) is 0 Å². The fraction of sp³-hybridized carbons (Fsp3) is 0.250. The summed E-state index contributed by atoms with van der Waals surface area (Å²) in [6.45, 7) is 0. The smallest absolute Gasteiger partial charge is 0.233 e. The number of carboxylic acid groups (broad SMARTS) is 1. The van der Waals surface area contributed by atoms with Gasteiger partial charge in [0.1, 0.15) is 0 Å². The molecule has 5 nitrogen and oxygen atoms in total. The van der Waals surface area contributed by atoms with Gasteiger partial charge in [0.25, 0.3) is 0 Å². The van der Waals surface area contributed by atoms with Crippen molar-refractivity contribution in [3.63, 3.8) is 0 Å². The molecule has 1 fully saturated rings. The zero-order chi connectivity index (χ0) is 12.4. The van der Waals surface area contributed by atoms with Crippen molar-refractivity contribution in [2.45, 2.75) is 19.3 Å². The van der Waals surface area contributed by atoms with Crippen LogP contribution in [0.2, 0.25) is 0 Å². The van der Waals surface area contributed by atoms with E-state index in [-0.39, 0.29) is 17.4 Å². The predicted molar refractivity (Wildman–Crippen MR) is 57.1 cm³/mol. The van der Waals surface area contributed by atoms with Crippen molar-refractivity contribution in [3.8, 4) is 0 Å². The quantitative estimate of drug-likeness (QED) is 0.677. The van der Waals surface area contributed by atoms with E-state index in [2.05, 4.69) is 0 Å². The standard InChI is InChI=1S/C12H11NO4/c14-10-2-1-3-11(15)13(10)9-6-4-8(5-7-9)12(16)17/h4-7H,1-3H2,(H,16,17)/p-1. The van der Waals surface area contributed by atoms with Gasteiger partial charge in [-0.25, -0.2) is 0 Å². The van der Waals surface area contributed by atoms with Gasteiger partial charge in [-0.05, 0) is 24.1 Å². The first-order valence-electron chi connectivity index (χ1n) is 5.27. The Morgan fingerprint density at radius 3 is 2.06 bits per heavy atom. The summed E-state index contributed by atoms with van der Waals surface area (Å²) in [6.07, 6.45) is 1.26. The lowest BCUT2D eigenvalue weighted by Crippen LogP contribution is -2.40. The first kappa shape index (κ1) is 11.3. The normalized spacial score (nSPS) is 16.1. The molecule has 1 heterocycles. The Hall–Kier alpha value is -2.17. The number of rotatable bonds is 2. The number of amides is 2. The molecule has 0 aromatic heterocycles. The minimum atomic E-state index is -1.28. The van der Waals surface area contributed by atoms with Crippen LogP contribution in [0.25, 0.3) is 0 Å². The van der Waals surface area contributed by atoms with Crippen molar-refractivity contribution in [2.75, 3.05) is 4.90 Å². The fourth-order valence-electron chi connectivity index (χ4n) is 1.79. The van der Waals surface area contributed by atoms with E-state index >= 15 is 0 Å². The molecule has 0 atom stereocenters. The summed E-state index contributed by atoms with van der Waals surface area (Å²) in [5, 5.41) is 10.6. The highest BCUT2D eigenvalue weighted by atomic mass is 16.4. The SMILES string of the molecule is O=C([O-])c1ccc(N2C(=O)CCCC2=O)cc1. The van der Waals surface area contributed by atoms with Crippen LogP contribution in [0.4, 0.5) is 5.69 Å². The van der Waals surface area contributed by atoms with Crippen molar-refractivity contribution in [1.82, 2.24) is 0 Å². The van der Waals surface area contributed by atoms with Crippen molar-refractivity contribution in [1.29, 1.82) is 0 Å². The molecule has 88 valence electrons. The van der Waals surface area contributed by atoms with Crippen LogP contribution in [-0.2, 0) is 9.59 Å². The van der Waals surface area contributed by atoms with Crippen molar-refractivity contribution in [3.05, 3.63) is 29.8 Å². The number of carboxylic acids is 1. The highest BCUT2D eigenvalue weighted by Crippen LogP contribution is 2.22. The minimum absolute atomic E-state index is 0.0191. The first-order valence-corrected chi connectivity index (χ1v) is 5.27. The Balaban J connectivity index is 2.29. The molecule has 17 heavy (non-hydrogen) atoms. The van der Waals surface area contributed by atoms with E-state index in [1.807, 2.05) is 0 Å². The van der Waals surface area contributed by atoms with Crippen molar-refractivity contribution >= 4 is 23.5 Å². The Morgan fingerprint density at radius 1 is 1.06 bits per heavy atom. The van der Waals surface area contributed by atoms with Crippen LogP contribution in [0.1, 0.15) is 29.6 Å². The first-order chi connectivity index (χ1) is 8.09. The molecular weight excluding hydrogens is 222 g/mol. The maximum absolute atomic E-state index is 11.6. The number of anilines is 1. The average molecular weight is 232 g/mol. The zero-order valence-corrected chi connectivity index (χ0v) is 9.01. The van der Waals surface area contributed by atoms with Gasteiger partial charge in [-0.1, -0.05) is 12.1 Å². The highest BCUT2D eigenvalue weighted by Gasteiger charge is 2.27. The number of hydrogen-bond acceptors (Lipinski definition) is 4. The molecule has 1 saturated heterocycles. The second-order valence-corrected chi connectivity index (χ2v) is 3.81. The number of carbonyl (C=O) groups excluding carboxylic acids is 3. The fourth-order valence-corrected chi connectivity index (χ4v) is 1.79. The average Bonchev–Trinajstić information content (AvgIpc) is 2.29. The molecule has 0 radical (unpaired) electrons. The summed E-state index contributed by atoms with van der Waals surface area (Å²) in [5.74, 6) is -1.78. The van der Waals surface area contributed by atoms with Crippen LogP contribution < -0.4 is 10.0 Å². The van der Waals surface area contributed by atoms with Crippen molar-refractivity contribution in [2.24, 2.45) is 0 Å². The predicted octanol–water partition coefficient (Wildman–Crippen LogP) is 0.0936. The maximum atomic E-state index is 11.6. The van der Waals surface area contributed by atoms with Gasteiger partial charge < -0.3 is 9.90 Å². The van der Waals surface area contributed by atoms with Crippen LogP contribution in [-0.4, -0.2) is 17.8 Å². The maximum Gasteiger partial charge on any atom is 0.233 e. The van der Waals surface area contributed by atoms with Gasteiger partial charge >= 0.3 is 0 Å². The Kier molecular flexibility index (Phi) is 2.91. The molecule has 1 aromatic carbocycles. The lowest BCUT2D eigenvalue weighted by Gasteiger charge is -2.24. The van der Waals surface area contributed by atoms with Gasteiger partial charge in [0.15, 0.2) is 0 Å². The molecule has 0 saturated carbocycles. The van der Waals surface area contributed by atoms with Crippen LogP contribution in [0.15, 0.2) is 24.3 Å². The summed E-state index contributed by atoms with van der Waals surface area (Å²) in [6, 6.07) is 5.51. The lowest BCUT2D eigenvalue weighted by atomic mass is 10.1. The number of carbonyl (C=O) groups is 3. The molecule has 0 bridgehead atoms. The third-order valence-electron chi connectivity index (χ3n) is 2.64. The minimum Gasteiger partial charge on any atom is -0.545 e. The Bertz CT molecular complexity index is 462. The molecule has 2 amide bonds. The second-order valence-electron chi connectivity index (χ2n) is 3.81. The summed E-state index contributed by atoms with van der Waals surface area (Å²) in [7, 11) is 0. The number of aromatic carboxylic acids is 1. The molecule has 1 aromatic rings. The molecular formula is C12H10NO4-. The van der Waals surface area contributed by atoms with Crippen molar-refractivity contribution < 1.29 is 19.5 Å². The molecule has 5 heteroatoms. The van der Waals surface area contributed by atoms with Gasteiger partial charge in [0.2, 0.25) is 11.8 Å². The molecule has 0 unspecified atom stereocenters. The largest absolute Gasteiger partial charge is 0.545 e. The van der Waals surface area contributed by atoms with Gasteiger partial charge in [0, 0.05) is 12.8 Å². The third kappa shape index (κ3) is 2.18. The van der Waals surface area contributed by atoms with Gasteiger partial charge in [-0.2, -0.15) is 0 Å². The number of imide groups is 1. The van der Waals surface area contributed by atoms with E-state index in [1.165, 1.54) is 24.3 Å². The van der Waals surface area contributed by atoms with Crippen LogP contribution in [0, 0.1) is 0 Å². The van der Waals surface area contributed by atoms with Crippen LogP contribution in [0.3, 0.4) is 0 Å². The van der Waals surface area contributed by atoms with E-state index in [4.69, 9.17) is 0 Å². The summed E-state index contributed by atoms with van der Waals surface area (Å²) in [5.41, 5.74) is 0.426.